The number of hydrogen-bond donors (Lipinski definition) is 1. The van der Waals surface area contributed by atoms with Gasteiger partial charge in [-0.1, -0.05) is 209 Å². The van der Waals surface area contributed by atoms with Crippen LogP contribution in [0.3, 0.4) is 0 Å². The molecule has 3 aliphatic carbocycles. The average Bonchev–Trinajstić information content (AvgIpc) is 3.65. The first kappa shape index (κ1) is 48.4. The van der Waals surface area contributed by atoms with Crippen molar-refractivity contribution in [2.75, 3.05) is 19.5 Å². The minimum atomic E-state index is -2.76. The number of aliphatic hydroxyl groups is 1. The molecule has 0 saturated heterocycles. The normalized spacial score (nSPS) is 26.6. The highest BCUT2D eigenvalue weighted by atomic mass is 32.2. The van der Waals surface area contributed by atoms with Gasteiger partial charge in [0.25, 0.3) is 8.32 Å². The highest BCUT2D eigenvalue weighted by Gasteiger charge is 2.68. The molecule has 0 heterocycles. The highest BCUT2D eigenvalue weighted by molar-refractivity contribution is 8.02. The van der Waals surface area contributed by atoms with Crippen molar-refractivity contribution < 1.29 is 14.3 Å². The van der Waals surface area contributed by atoms with Gasteiger partial charge in [-0.05, 0) is 101 Å². The predicted molar refractivity (Wildman–Crippen MR) is 268 cm³/mol. The van der Waals surface area contributed by atoms with Crippen molar-refractivity contribution in [1.82, 2.24) is 0 Å². The summed E-state index contributed by atoms with van der Waals surface area (Å²) in [5.41, 5.74) is 0.783. The van der Waals surface area contributed by atoms with Gasteiger partial charge in [-0.2, -0.15) is 0 Å². The Bertz CT molecular complexity index is 1800. The maximum atomic E-state index is 13.9. The largest absolute Gasteiger partial charge is 0.407 e. The molecule has 2 fully saturated rings. The number of allylic oxidation sites excluding steroid dienone is 2. The van der Waals surface area contributed by atoms with E-state index < -0.39 is 19.4 Å². The number of methoxy groups -OCH3 is 1. The molecule has 1 N–H and O–H groups in total. The smallest absolute Gasteiger partial charge is 0.261 e. The molecule has 6 atom stereocenters. The topological polar surface area (TPSA) is 38.7 Å². The molecule has 2 saturated carbocycles. The summed E-state index contributed by atoms with van der Waals surface area (Å²) < 4.78 is 14.4. The molecule has 0 amide bonds. The van der Waals surface area contributed by atoms with Crippen LogP contribution in [0.15, 0.2) is 119 Å². The summed E-state index contributed by atoms with van der Waals surface area (Å²) in [5, 5.41) is 18.9. The number of hydrogen-bond acceptors (Lipinski definition) is 5. The zero-order valence-electron chi connectivity index (χ0n) is 39.2. The van der Waals surface area contributed by atoms with Gasteiger partial charge in [-0.25, -0.2) is 0 Å². The van der Waals surface area contributed by atoms with Crippen molar-refractivity contribution in [2.45, 2.75) is 166 Å². The molecule has 6 heteroatoms. The van der Waals surface area contributed by atoms with Crippen molar-refractivity contribution in [3.63, 3.8) is 0 Å². The van der Waals surface area contributed by atoms with Gasteiger partial charge < -0.3 is 14.3 Å². The molecule has 3 aliphatic rings. The molecule has 3 nitrogen and oxygen atoms in total. The molecule has 2 unspecified atom stereocenters. The SMILES string of the molecule is CCCCCCCCCCCCS/C=C1\CC[C@@H]2[C@@H]3C(C(C)C)=CC[C@]3(CO[Si](c3ccccc3)(c3ccccc3)C(C)(C)C)CC[C@@]2(C)C1(O)C(OC)Sc1ccccc1. The molecule has 3 aromatic rings. The van der Waals surface area contributed by atoms with Crippen molar-refractivity contribution in [3.05, 3.63) is 114 Å². The van der Waals surface area contributed by atoms with E-state index in [2.05, 4.69) is 151 Å². The van der Waals surface area contributed by atoms with Crippen LogP contribution in [0.4, 0.5) is 0 Å². The third-order valence-corrected chi connectivity index (χ3v) is 22.5. The van der Waals surface area contributed by atoms with Gasteiger partial charge >= 0.3 is 0 Å². The lowest BCUT2D eigenvalue weighted by atomic mass is 9.44. The lowest BCUT2D eigenvalue weighted by Gasteiger charge is -2.64. The molecule has 334 valence electrons. The minimum absolute atomic E-state index is 0.0294. The van der Waals surface area contributed by atoms with Crippen LogP contribution in [0.1, 0.15) is 145 Å². The zero-order chi connectivity index (χ0) is 43.6. The Labute approximate surface area is 381 Å². The maximum absolute atomic E-state index is 13.9. The van der Waals surface area contributed by atoms with Crippen LogP contribution >= 0.6 is 23.5 Å². The Kier molecular flexibility index (Phi) is 17.3. The van der Waals surface area contributed by atoms with E-state index in [0.29, 0.717) is 17.8 Å². The van der Waals surface area contributed by atoms with Crippen LogP contribution in [-0.4, -0.2) is 43.9 Å². The Hall–Kier alpha value is -2.06. The molecule has 0 radical (unpaired) electrons. The van der Waals surface area contributed by atoms with Gasteiger partial charge in [0.1, 0.15) is 11.0 Å². The second-order valence-electron chi connectivity index (χ2n) is 20.4. The van der Waals surface area contributed by atoms with Crippen LogP contribution in [-0.2, 0) is 9.16 Å². The van der Waals surface area contributed by atoms with Crippen LogP contribution in [0, 0.1) is 28.6 Å². The summed E-state index contributed by atoms with van der Waals surface area (Å²) in [5.74, 6) is 2.16. The standard InChI is InChI=1S/C55H80O3S2Si/c1-9-10-11-12-13-14-15-16-17-27-40-59-41-44-34-35-49-50-48(43(2)3)36-37-54(50,39-38-53(49,7)55(44,56)51(57-8)60-45-28-21-18-22-29-45)42-58-61(52(4,5)6,46-30-23-19-24-31-46)47-32-25-20-26-33-47/h18-26,28-33,36,41,43,49-51,56H,9-17,27,34-35,37-40,42H2,1-8H3/b44-41+/t49-,50+,51?,53-,54-,55?/m1/s1. The van der Waals surface area contributed by atoms with Gasteiger partial charge in [0.15, 0.2) is 0 Å². The van der Waals surface area contributed by atoms with Crippen molar-refractivity contribution >= 4 is 42.2 Å². The first-order valence-electron chi connectivity index (χ1n) is 24.1. The molecule has 0 spiro atoms. The maximum Gasteiger partial charge on any atom is 0.261 e. The molecular formula is C55H80O3S2Si. The van der Waals surface area contributed by atoms with Gasteiger partial charge in [0.05, 0.1) is 0 Å². The Morgan fingerprint density at radius 3 is 1.90 bits per heavy atom. The van der Waals surface area contributed by atoms with E-state index in [9.17, 15) is 5.11 Å². The van der Waals surface area contributed by atoms with E-state index in [1.165, 1.54) is 80.2 Å². The first-order valence-corrected chi connectivity index (χ1v) is 27.9. The summed E-state index contributed by atoms with van der Waals surface area (Å²) >= 11 is 3.63. The molecular weight excluding hydrogens is 801 g/mol. The van der Waals surface area contributed by atoms with E-state index in [4.69, 9.17) is 9.16 Å². The molecule has 0 bridgehead atoms. The van der Waals surface area contributed by atoms with Crippen LogP contribution in [0.5, 0.6) is 0 Å². The van der Waals surface area contributed by atoms with Crippen molar-refractivity contribution in [3.8, 4) is 0 Å². The fourth-order valence-corrected chi connectivity index (χ4v) is 18.8. The van der Waals surface area contributed by atoms with Crippen LogP contribution < -0.4 is 10.4 Å². The molecule has 3 aromatic carbocycles. The summed E-state index contributed by atoms with van der Waals surface area (Å²) in [6.07, 6.45) is 21.1. The number of benzene rings is 3. The first-order chi connectivity index (χ1) is 29.4. The third-order valence-electron chi connectivity index (χ3n) is 15.3. The number of ether oxygens (including phenoxy) is 1. The lowest BCUT2D eigenvalue weighted by molar-refractivity contribution is -0.189. The minimum Gasteiger partial charge on any atom is -0.407 e. The molecule has 6 rings (SSSR count). The quantitative estimate of drug-likeness (QED) is 0.0358. The van der Waals surface area contributed by atoms with Crippen LogP contribution in [0.25, 0.3) is 0 Å². The van der Waals surface area contributed by atoms with E-state index in [1.54, 1.807) is 17.3 Å². The van der Waals surface area contributed by atoms with E-state index >= 15 is 0 Å². The van der Waals surface area contributed by atoms with Crippen molar-refractivity contribution in [2.24, 2.45) is 28.6 Å². The number of fused-ring (bicyclic) bond motifs is 3. The van der Waals surface area contributed by atoms with Gasteiger partial charge in [0.2, 0.25) is 0 Å². The Morgan fingerprint density at radius 1 is 0.803 bits per heavy atom. The number of thioether (sulfide) groups is 2. The Morgan fingerprint density at radius 2 is 1.36 bits per heavy atom. The van der Waals surface area contributed by atoms with E-state index in [0.717, 1.165) is 49.4 Å². The average molecular weight is 881 g/mol. The number of unbranched alkanes of at least 4 members (excludes halogenated alkanes) is 9. The summed E-state index contributed by atoms with van der Waals surface area (Å²) in [6, 6.07) is 32.9. The Balaban J connectivity index is 1.30. The van der Waals surface area contributed by atoms with Crippen LogP contribution in [0.2, 0.25) is 5.04 Å². The fraction of sp³-hybridized carbons (Fsp3) is 0.600. The van der Waals surface area contributed by atoms with Gasteiger partial charge in [0, 0.05) is 29.4 Å². The van der Waals surface area contributed by atoms with E-state index in [1.807, 2.05) is 18.9 Å². The van der Waals surface area contributed by atoms with E-state index in [-0.39, 0.29) is 15.9 Å². The fourth-order valence-electron chi connectivity index (χ4n) is 11.9. The summed E-state index contributed by atoms with van der Waals surface area (Å²) in [4.78, 5) is 1.14. The molecule has 61 heavy (non-hydrogen) atoms. The highest BCUT2D eigenvalue weighted by Crippen LogP contribution is 2.69. The third kappa shape index (κ3) is 10.3. The van der Waals surface area contributed by atoms with Crippen molar-refractivity contribution in [1.29, 1.82) is 0 Å². The predicted octanol–water partition coefficient (Wildman–Crippen LogP) is 14.4. The molecule has 0 aliphatic heterocycles. The number of rotatable bonds is 22. The lowest BCUT2D eigenvalue weighted by Crippen LogP contribution is -2.68. The summed E-state index contributed by atoms with van der Waals surface area (Å²) in [6.45, 7) is 17.5. The van der Waals surface area contributed by atoms with Gasteiger partial charge in [-0.15, -0.1) is 11.8 Å². The molecule has 0 aromatic heterocycles. The second kappa shape index (κ2) is 21.7. The monoisotopic (exact) mass is 881 g/mol. The zero-order valence-corrected chi connectivity index (χ0v) is 41.9. The second-order valence-corrected chi connectivity index (χ2v) is 26.8. The van der Waals surface area contributed by atoms with Gasteiger partial charge in [-0.3, -0.25) is 0 Å². The summed E-state index contributed by atoms with van der Waals surface area (Å²) in [7, 11) is -0.943.